The second-order valence-electron chi connectivity index (χ2n) is 6.02. The molecule has 19 heavy (non-hydrogen) atoms. The number of carboxylic acid groups (broad SMARTS) is 1. The fourth-order valence-electron chi connectivity index (χ4n) is 3.14. The molecular formula is C14H24N2O3. The summed E-state index contributed by atoms with van der Waals surface area (Å²) in [6.45, 7) is 0.694. The van der Waals surface area contributed by atoms with Crippen LogP contribution in [-0.4, -0.2) is 29.2 Å². The number of rotatable bonds is 6. The van der Waals surface area contributed by atoms with Crippen molar-refractivity contribution >= 4 is 12.0 Å². The molecule has 3 N–H and O–H groups in total. The van der Waals surface area contributed by atoms with Crippen LogP contribution in [0.15, 0.2) is 0 Å². The first-order chi connectivity index (χ1) is 9.10. The highest BCUT2D eigenvalue weighted by Crippen LogP contribution is 2.32. The maximum atomic E-state index is 11.9. The van der Waals surface area contributed by atoms with E-state index in [1.54, 1.807) is 0 Å². The van der Waals surface area contributed by atoms with E-state index in [4.69, 9.17) is 5.11 Å². The number of hydrogen-bond donors (Lipinski definition) is 3. The van der Waals surface area contributed by atoms with E-state index in [-0.39, 0.29) is 12.5 Å². The summed E-state index contributed by atoms with van der Waals surface area (Å²) in [4.78, 5) is 22.8. The van der Waals surface area contributed by atoms with Gasteiger partial charge in [0.25, 0.3) is 0 Å². The number of urea groups is 1. The van der Waals surface area contributed by atoms with Crippen molar-refractivity contribution in [3.63, 3.8) is 0 Å². The van der Waals surface area contributed by atoms with Crippen molar-refractivity contribution in [2.75, 3.05) is 6.54 Å². The zero-order valence-electron chi connectivity index (χ0n) is 11.4. The van der Waals surface area contributed by atoms with Crippen LogP contribution in [0.5, 0.6) is 0 Å². The highest BCUT2D eigenvalue weighted by molar-refractivity contribution is 5.76. The number of carboxylic acids is 1. The van der Waals surface area contributed by atoms with Crippen molar-refractivity contribution in [3.8, 4) is 0 Å². The van der Waals surface area contributed by atoms with Crippen LogP contribution < -0.4 is 10.6 Å². The summed E-state index contributed by atoms with van der Waals surface area (Å²) in [7, 11) is 0. The van der Waals surface area contributed by atoms with Crippen molar-refractivity contribution in [2.45, 2.75) is 63.3 Å². The van der Waals surface area contributed by atoms with Crippen molar-refractivity contribution in [3.05, 3.63) is 0 Å². The fourth-order valence-corrected chi connectivity index (χ4v) is 3.14. The Morgan fingerprint density at radius 2 is 1.84 bits per heavy atom. The molecule has 5 heteroatoms. The van der Waals surface area contributed by atoms with E-state index in [0.29, 0.717) is 6.54 Å². The Bertz CT molecular complexity index is 334. The van der Waals surface area contributed by atoms with Crippen LogP contribution in [0.2, 0.25) is 0 Å². The minimum absolute atomic E-state index is 0.0308. The third-order valence-corrected chi connectivity index (χ3v) is 4.49. The van der Waals surface area contributed by atoms with Gasteiger partial charge in [-0.1, -0.05) is 32.1 Å². The Kier molecular flexibility index (Phi) is 4.66. The molecule has 0 unspecified atom stereocenters. The normalized spacial score (nSPS) is 21.7. The molecule has 2 saturated carbocycles. The van der Waals surface area contributed by atoms with E-state index >= 15 is 0 Å². The van der Waals surface area contributed by atoms with Gasteiger partial charge in [0.1, 0.15) is 0 Å². The molecule has 2 amide bonds. The minimum Gasteiger partial charge on any atom is -0.481 e. The Morgan fingerprint density at radius 3 is 2.37 bits per heavy atom. The molecule has 0 bridgehead atoms. The molecule has 0 aromatic rings. The smallest absolute Gasteiger partial charge is 0.315 e. The van der Waals surface area contributed by atoms with Gasteiger partial charge < -0.3 is 15.7 Å². The van der Waals surface area contributed by atoms with E-state index in [1.807, 2.05) is 0 Å². The van der Waals surface area contributed by atoms with Gasteiger partial charge in [0.05, 0.1) is 12.0 Å². The summed E-state index contributed by atoms with van der Waals surface area (Å²) in [6.07, 6.45) is 8.50. The average molecular weight is 268 g/mol. The SMILES string of the molecule is O=C(O)CC1(NC(=O)NCCC2CCC2)CCCC1. The summed E-state index contributed by atoms with van der Waals surface area (Å²) in [6, 6.07) is -0.206. The average Bonchev–Trinajstić information content (AvgIpc) is 2.69. The van der Waals surface area contributed by atoms with Gasteiger partial charge in [0.2, 0.25) is 0 Å². The molecule has 0 aliphatic heterocycles. The lowest BCUT2D eigenvalue weighted by atomic mass is 9.83. The largest absolute Gasteiger partial charge is 0.481 e. The molecule has 0 spiro atoms. The third-order valence-electron chi connectivity index (χ3n) is 4.49. The van der Waals surface area contributed by atoms with Gasteiger partial charge in [0, 0.05) is 6.54 Å². The molecule has 0 aromatic carbocycles. The Morgan fingerprint density at radius 1 is 1.16 bits per heavy atom. The van der Waals surface area contributed by atoms with Crippen LogP contribution in [0.25, 0.3) is 0 Å². The first-order valence-corrected chi connectivity index (χ1v) is 7.37. The summed E-state index contributed by atoms with van der Waals surface area (Å²) in [5.74, 6) is -0.0589. The highest BCUT2D eigenvalue weighted by Gasteiger charge is 2.37. The number of aliphatic carboxylic acids is 1. The minimum atomic E-state index is -0.836. The van der Waals surface area contributed by atoms with Gasteiger partial charge >= 0.3 is 12.0 Å². The number of hydrogen-bond acceptors (Lipinski definition) is 2. The van der Waals surface area contributed by atoms with Crippen LogP contribution >= 0.6 is 0 Å². The number of amides is 2. The summed E-state index contributed by atoms with van der Waals surface area (Å²) in [5, 5.41) is 14.7. The van der Waals surface area contributed by atoms with Crippen molar-refractivity contribution in [1.29, 1.82) is 0 Å². The van der Waals surface area contributed by atoms with E-state index < -0.39 is 11.5 Å². The highest BCUT2D eigenvalue weighted by atomic mass is 16.4. The molecule has 0 aromatic heterocycles. The van der Waals surface area contributed by atoms with Crippen LogP contribution in [0.4, 0.5) is 4.79 Å². The van der Waals surface area contributed by atoms with Gasteiger partial charge in [-0.2, -0.15) is 0 Å². The lowest BCUT2D eigenvalue weighted by Crippen LogP contribution is -2.51. The number of carbonyl (C=O) groups excluding carboxylic acids is 1. The molecule has 2 aliphatic rings. The molecule has 2 rings (SSSR count). The van der Waals surface area contributed by atoms with Gasteiger partial charge in [0.15, 0.2) is 0 Å². The van der Waals surface area contributed by atoms with Crippen LogP contribution in [0, 0.1) is 5.92 Å². The zero-order chi connectivity index (χ0) is 13.7. The molecule has 0 saturated heterocycles. The Labute approximate surface area is 114 Å². The van der Waals surface area contributed by atoms with Crippen molar-refractivity contribution in [1.82, 2.24) is 10.6 Å². The molecule has 0 radical (unpaired) electrons. The quantitative estimate of drug-likeness (QED) is 0.691. The summed E-state index contributed by atoms with van der Waals surface area (Å²) in [5.41, 5.74) is -0.521. The number of nitrogens with one attached hydrogen (secondary N) is 2. The van der Waals surface area contributed by atoms with Gasteiger partial charge in [-0.25, -0.2) is 4.79 Å². The lowest BCUT2D eigenvalue weighted by Gasteiger charge is -2.29. The molecule has 108 valence electrons. The van der Waals surface area contributed by atoms with Gasteiger partial charge in [-0.05, 0) is 25.2 Å². The monoisotopic (exact) mass is 268 g/mol. The topological polar surface area (TPSA) is 78.4 Å². The molecule has 2 aliphatic carbocycles. The van der Waals surface area contributed by atoms with Crippen LogP contribution in [0.3, 0.4) is 0 Å². The second-order valence-corrected chi connectivity index (χ2v) is 6.02. The molecule has 0 heterocycles. The summed E-state index contributed by atoms with van der Waals surface area (Å²) < 4.78 is 0. The second kappa shape index (κ2) is 6.26. The first kappa shape index (κ1) is 14.2. The fraction of sp³-hybridized carbons (Fsp3) is 0.857. The van der Waals surface area contributed by atoms with Crippen molar-refractivity contribution < 1.29 is 14.7 Å². The van der Waals surface area contributed by atoms with Gasteiger partial charge in [-0.15, -0.1) is 0 Å². The van der Waals surface area contributed by atoms with Gasteiger partial charge in [-0.3, -0.25) is 4.79 Å². The predicted octanol–water partition coefficient (Wildman–Crippen LogP) is 2.26. The zero-order valence-corrected chi connectivity index (χ0v) is 11.4. The third kappa shape index (κ3) is 4.11. The number of carbonyl (C=O) groups is 2. The van der Waals surface area contributed by atoms with E-state index in [0.717, 1.165) is 38.0 Å². The standard InChI is InChI=1S/C14H24N2O3/c17-12(18)10-14(7-1-2-8-14)16-13(19)15-9-6-11-4-3-5-11/h11H,1-10H2,(H,17,18)(H2,15,16,19). The van der Waals surface area contributed by atoms with Crippen LogP contribution in [-0.2, 0) is 4.79 Å². The molecule has 2 fully saturated rings. The Hall–Kier alpha value is -1.26. The first-order valence-electron chi connectivity index (χ1n) is 7.37. The lowest BCUT2D eigenvalue weighted by molar-refractivity contribution is -0.138. The Balaban J connectivity index is 1.73. The predicted molar refractivity (Wildman–Crippen MR) is 71.9 cm³/mol. The van der Waals surface area contributed by atoms with Crippen molar-refractivity contribution in [2.24, 2.45) is 5.92 Å². The van der Waals surface area contributed by atoms with E-state index in [1.165, 1.54) is 19.3 Å². The molecular weight excluding hydrogens is 244 g/mol. The van der Waals surface area contributed by atoms with Crippen LogP contribution in [0.1, 0.15) is 57.8 Å². The molecule has 0 atom stereocenters. The van der Waals surface area contributed by atoms with E-state index in [2.05, 4.69) is 10.6 Å². The maximum absolute atomic E-state index is 11.9. The van der Waals surface area contributed by atoms with E-state index in [9.17, 15) is 9.59 Å². The molecule has 5 nitrogen and oxygen atoms in total. The maximum Gasteiger partial charge on any atom is 0.315 e. The summed E-state index contributed by atoms with van der Waals surface area (Å²) >= 11 is 0.